The Morgan fingerprint density at radius 3 is 2.60 bits per heavy atom. The molecule has 1 fully saturated rings. The van der Waals surface area contributed by atoms with Crippen LogP contribution in [-0.2, 0) is 4.79 Å². The number of likely N-dealkylation sites (tertiary alicyclic amines) is 1. The number of β-amino-alcohol motifs (C(OH)–C–C–N with tert-alkyl or cyclic N) is 1. The van der Waals surface area contributed by atoms with Crippen molar-refractivity contribution in [2.45, 2.75) is 18.9 Å². The van der Waals surface area contributed by atoms with Crippen LogP contribution < -0.4 is 0 Å². The molecule has 1 amide bonds. The molecule has 1 aromatic carbocycles. The van der Waals surface area contributed by atoms with Crippen molar-refractivity contribution < 1.29 is 14.8 Å². The van der Waals surface area contributed by atoms with Gasteiger partial charge in [-0.3, -0.25) is 14.9 Å². The monoisotopic (exact) mass is 276 g/mol. The molecule has 1 atom stereocenters. The lowest BCUT2D eigenvalue weighted by Gasteiger charge is -2.17. The third-order valence-corrected chi connectivity index (χ3v) is 3.29. The molecule has 2 rings (SSSR count). The maximum Gasteiger partial charge on any atom is 0.269 e. The molecular formula is C14H16N2O4. The van der Waals surface area contributed by atoms with Gasteiger partial charge in [-0.15, -0.1) is 0 Å². The smallest absolute Gasteiger partial charge is 0.269 e. The van der Waals surface area contributed by atoms with Crippen molar-refractivity contribution in [2.24, 2.45) is 0 Å². The van der Waals surface area contributed by atoms with Crippen LogP contribution in [0.15, 0.2) is 30.3 Å². The summed E-state index contributed by atoms with van der Waals surface area (Å²) in [6.45, 7) is 2.58. The van der Waals surface area contributed by atoms with Gasteiger partial charge in [-0.25, -0.2) is 0 Å². The van der Waals surface area contributed by atoms with E-state index in [-0.39, 0.29) is 11.6 Å². The molecule has 0 radical (unpaired) electrons. The average molecular weight is 276 g/mol. The Hall–Kier alpha value is -2.21. The van der Waals surface area contributed by atoms with Crippen molar-refractivity contribution in [3.8, 4) is 0 Å². The van der Waals surface area contributed by atoms with Crippen LogP contribution in [0.2, 0.25) is 0 Å². The van der Waals surface area contributed by atoms with E-state index in [1.54, 1.807) is 30.0 Å². The number of non-ortho nitro benzene ring substituents is 1. The second-order valence-electron chi connectivity index (χ2n) is 5.19. The molecular weight excluding hydrogens is 260 g/mol. The number of hydrogen-bond donors (Lipinski definition) is 1. The molecule has 6 heteroatoms. The molecule has 20 heavy (non-hydrogen) atoms. The molecule has 1 heterocycles. The van der Waals surface area contributed by atoms with Crippen LogP contribution in [0.5, 0.6) is 0 Å². The predicted molar refractivity (Wildman–Crippen MR) is 74.0 cm³/mol. The zero-order valence-corrected chi connectivity index (χ0v) is 11.2. The normalized spacial score (nSPS) is 22.4. The van der Waals surface area contributed by atoms with Crippen molar-refractivity contribution in [3.63, 3.8) is 0 Å². The zero-order chi connectivity index (χ0) is 14.8. The van der Waals surface area contributed by atoms with Crippen LogP contribution in [0.4, 0.5) is 5.69 Å². The molecule has 0 aromatic heterocycles. The van der Waals surface area contributed by atoms with Gasteiger partial charge in [0.1, 0.15) is 0 Å². The number of carbonyl (C=O) groups excluding carboxylic acids is 1. The molecule has 0 bridgehead atoms. The second-order valence-corrected chi connectivity index (χ2v) is 5.19. The first-order valence-corrected chi connectivity index (χ1v) is 6.31. The number of benzene rings is 1. The van der Waals surface area contributed by atoms with E-state index in [2.05, 4.69) is 0 Å². The molecule has 1 saturated heterocycles. The van der Waals surface area contributed by atoms with Crippen molar-refractivity contribution in [2.75, 3.05) is 13.1 Å². The van der Waals surface area contributed by atoms with Gasteiger partial charge in [0.2, 0.25) is 5.91 Å². The fraction of sp³-hybridized carbons (Fsp3) is 0.357. The van der Waals surface area contributed by atoms with E-state index in [1.165, 1.54) is 18.2 Å². The summed E-state index contributed by atoms with van der Waals surface area (Å²) in [5.41, 5.74) is -0.0735. The van der Waals surface area contributed by atoms with Gasteiger partial charge in [0.15, 0.2) is 0 Å². The van der Waals surface area contributed by atoms with Crippen molar-refractivity contribution in [1.29, 1.82) is 0 Å². The highest BCUT2D eigenvalue weighted by Crippen LogP contribution is 2.20. The van der Waals surface area contributed by atoms with Gasteiger partial charge >= 0.3 is 0 Å². The molecule has 1 unspecified atom stereocenters. The van der Waals surface area contributed by atoms with E-state index in [1.807, 2.05) is 0 Å². The van der Waals surface area contributed by atoms with Crippen LogP contribution in [0, 0.1) is 10.1 Å². The Labute approximate surface area is 116 Å². The Morgan fingerprint density at radius 2 is 2.10 bits per heavy atom. The first-order valence-electron chi connectivity index (χ1n) is 6.31. The number of hydrogen-bond acceptors (Lipinski definition) is 4. The minimum atomic E-state index is -0.809. The molecule has 6 nitrogen and oxygen atoms in total. The van der Waals surface area contributed by atoms with E-state index in [4.69, 9.17) is 0 Å². The summed E-state index contributed by atoms with van der Waals surface area (Å²) in [7, 11) is 0. The Morgan fingerprint density at radius 1 is 1.45 bits per heavy atom. The maximum atomic E-state index is 11.9. The lowest BCUT2D eigenvalue weighted by molar-refractivity contribution is -0.384. The first kappa shape index (κ1) is 14.2. The molecule has 0 aliphatic carbocycles. The van der Waals surface area contributed by atoms with E-state index in [9.17, 15) is 20.0 Å². The van der Waals surface area contributed by atoms with E-state index in [0.29, 0.717) is 19.5 Å². The lowest BCUT2D eigenvalue weighted by Crippen LogP contribution is -2.32. The summed E-state index contributed by atoms with van der Waals surface area (Å²) >= 11 is 0. The molecule has 1 aliphatic rings. The van der Waals surface area contributed by atoms with Crippen LogP contribution in [0.1, 0.15) is 18.9 Å². The molecule has 1 aromatic rings. The molecule has 1 aliphatic heterocycles. The third kappa shape index (κ3) is 3.42. The number of nitrogens with zero attached hydrogens (tertiary/aromatic N) is 2. The van der Waals surface area contributed by atoms with Crippen molar-refractivity contribution in [1.82, 2.24) is 4.90 Å². The summed E-state index contributed by atoms with van der Waals surface area (Å²) in [5, 5.41) is 20.3. The highest BCUT2D eigenvalue weighted by molar-refractivity contribution is 5.92. The number of aliphatic hydroxyl groups is 1. The highest BCUT2D eigenvalue weighted by atomic mass is 16.6. The predicted octanol–water partition coefficient (Wildman–Crippen LogP) is 1.59. The quantitative estimate of drug-likeness (QED) is 0.516. The topological polar surface area (TPSA) is 83.7 Å². The Bertz CT molecular complexity index is 549. The highest BCUT2D eigenvalue weighted by Gasteiger charge is 2.32. The summed E-state index contributed by atoms with van der Waals surface area (Å²) in [6, 6.07) is 5.96. The van der Waals surface area contributed by atoms with Gasteiger partial charge in [0.25, 0.3) is 5.69 Å². The largest absolute Gasteiger partial charge is 0.388 e. The third-order valence-electron chi connectivity index (χ3n) is 3.29. The summed E-state index contributed by atoms with van der Waals surface area (Å²) in [6.07, 6.45) is 3.60. The summed E-state index contributed by atoms with van der Waals surface area (Å²) in [4.78, 5) is 23.5. The molecule has 106 valence electrons. The standard InChI is InChI=1S/C14H16N2O4/c1-14(18)8-9-15(10-14)13(17)7-4-11-2-5-12(6-3-11)16(19)20/h2-7,18H,8-10H2,1H3/b7-4+. The number of rotatable bonds is 3. The van der Waals surface area contributed by atoms with Crippen molar-refractivity contribution in [3.05, 3.63) is 46.0 Å². The van der Waals surface area contributed by atoms with Gasteiger partial charge in [0.05, 0.1) is 10.5 Å². The van der Waals surface area contributed by atoms with Gasteiger partial charge in [-0.1, -0.05) is 0 Å². The number of nitro groups is 1. The summed E-state index contributed by atoms with van der Waals surface area (Å²) < 4.78 is 0. The fourth-order valence-corrected chi connectivity index (χ4v) is 2.11. The van der Waals surface area contributed by atoms with Gasteiger partial charge in [-0.2, -0.15) is 0 Å². The van der Waals surface area contributed by atoms with Crippen molar-refractivity contribution >= 4 is 17.7 Å². The maximum absolute atomic E-state index is 11.9. The van der Waals surface area contributed by atoms with Gasteiger partial charge in [0, 0.05) is 31.3 Å². The van der Waals surface area contributed by atoms with Crippen LogP contribution in [0.3, 0.4) is 0 Å². The van der Waals surface area contributed by atoms with Crippen LogP contribution in [-0.4, -0.2) is 39.5 Å². The zero-order valence-electron chi connectivity index (χ0n) is 11.2. The lowest BCUT2D eigenvalue weighted by atomic mass is 10.1. The molecule has 1 N–H and O–H groups in total. The molecule has 0 saturated carbocycles. The average Bonchev–Trinajstić information content (AvgIpc) is 2.77. The SMILES string of the molecule is CC1(O)CCN(C(=O)/C=C/c2ccc([N+](=O)[O-])cc2)C1. The van der Waals surface area contributed by atoms with E-state index < -0.39 is 10.5 Å². The van der Waals surface area contributed by atoms with E-state index in [0.717, 1.165) is 5.56 Å². The van der Waals surface area contributed by atoms with Gasteiger partial charge in [-0.05, 0) is 37.1 Å². The second kappa shape index (κ2) is 5.42. The Balaban J connectivity index is 1.99. The van der Waals surface area contributed by atoms with Gasteiger partial charge < -0.3 is 10.0 Å². The first-order chi connectivity index (χ1) is 9.37. The number of amides is 1. The van der Waals surface area contributed by atoms with Crippen LogP contribution in [0.25, 0.3) is 6.08 Å². The Kier molecular flexibility index (Phi) is 3.85. The fourth-order valence-electron chi connectivity index (χ4n) is 2.11. The van der Waals surface area contributed by atoms with Crippen LogP contribution >= 0.6 is 0 Å². The number of carbonyl (C=O) groups is 1. The summed E-state index contributed by atoms with van der Waals surface area (Å²) in [5.74, 6) is -0.166. The minimum Gasteiger partial charge on any atom is -0.388 e. The molecule has 0 spiro atoms. The minimum absolute atomic E-state index is 0.0177. The number of nitro benzene ring substituents is 1. The van der Waals surface area contributed by atoms with E-state index >= 15 is 0 Å².